The molecule has 0 unspecified atom stereocenters. The van der Waals surface area contributed by atoms with Crippen LogP contribution in [0.3, 0.4) is 0 Å². The SMILES string of the molecule is O=C(O)[C@@H]1c2ccc(Cl)cc2CCN1c1ccc(Cl)cc1Cl. The van der Waals surface area contributed by atoms with Gasteiger partial charge in [0.25, 0.3) is 0 Å². The van der Waals surface area contributed by atoms with Gasteiger partial charge in [0.2, 0.25) is 0 Å². The van der Waals surface area contributed by atoms with Crippen molar-refractivity contribution in [3.8, 4) is 0 Å². The number of nitrogens with zero attached hydrogens (tertiary/aromatic N) is 1. The molecule has 0 aliphatic carbocycles. The van der Waals surface area contributed by atoms with Crippen molar-refractivity contribution < 1.29 is 9.90 Å². The van der Waals surface area contributed by atoms with Gasteiger partial charge >= 0.3 is 5.97 Å². The molecule has 0 radical (unpaired) electrons. The lowest BCUT2D eigenvalue weighted by atomic mass is 9.92. The smallest absolute Gasteiger partial charge is 0.331 e. The van der Waals surface area contributed by atoms with Gasteiger partial charge in [0, 0.05) is 16.6 Å². The lowest BCUT2D eigenvalue weighted by Crippen LogP contribution is -2.40. The number of hydrogen-bond donors (Lipinski definition) is 1. The molecule has 1 aliphatic rings. The Hall–Kier alpha value is -1.42. The summed E-state index contributed by atoms with van der Waals surface area (Å²) >= 11 is 18.2. The molecule has 22 heavy (non-hydrogen) atoms. The van der Waals surface area contributed by atoms with Crippen LogP contribution in [0.15, 0.2) is 36.4 Å². The van der Waals surface area contributed by atoms with E-state index in [1.807, 2.05) is 6.07 Å². The van der Waals surface area contributed by atoms with E-state index in [2.05, 4.69) is 0 Å². The minimum Gasteiger partial charge on any atom is -0.479 e. The number of anilines is 1. The topological polar surface area (TPSA) is 40.5 Å². The third-order valence-corrected chi connectivity index (χ3v) is 4.56. The van der Waals surface area contributed by atoms with Crippen LogP contribution in [0.1, 0.15) is 17.2 Å². The van der Waals surface area contributed by atoms with Gasteiger partial charge in [-0.15, -0.1) is 0 Å². The van der Waals surface area contributed by atoms with E-state index in [4.69, 9.17) is 34.8 Å². The summed E-state index contributed by atoms with van der Waals surface area (Å²) in [5.41, 5.74) is 2.37. The summed E-state index contributed by atoms with van der Waals surface area (Å²) in [5.74, 6) is -0.922. The third kappa shape index (κ3) is 2.76. The quantitative estimate of drug-likeness (QED) is 0.837. The van der Waals surface area contributed by atoms with Crippen molar-refractivity contribution in [1.29, 1.82) is 0 Å². The normalized spacial score (nSPS) is 17.2. The molecule has 6 heteroatoms. The number of carbonyl (C=O) groups is 1. The first-order valence-electron chi connectivity index (χ1n) is 6.70. The molecule has 0 spiro atoms. The third-order valence-electron chi connectivity index (χ3n) is 3.79. The van der Waals surface area contributed by atoms with Gasteiger partial charge in [0.05, 0.1) is 10.7 Å². The Morgan fingerprint density at radius 2 is 1.77 bits per heavy atom. The number of rotatable bonds is 2. The van der Waals surface area contributed by atoms with Crippen LogP contribution in [0.25, 0.3) is 0 Å². The summed E-state index contributed by atoms with van der Waals surface area (Å²) in [6, 6.07) is 9.60. The van der Waals surface area contributed by atoms with Crippen molar-refractivity contribution >= 4 is 46.5 Å². The Balaban J connectivity index is 2.09. The highest BCUT2D eigenvalue weighted by molar-refractivity contribution is 6.36. The van der Waals surface area contributed by atoms with Crippen LogP contribution in [0.2, 0.25) is 15.1 Å². The molecule has 1 heterocycles. The lowest BCUT2D eigenvalue weighted by Gasteiger charge is -2.37. The van der Waals surface area contributed by atoms with Crippen molar-refractivity contribution in [1.82, 2.24) is 0 Å². The number of aliphatic carboxylic acids is 1. The molecule has 0 bridgehead atoms. The van der Waals surface area contributed by atoms with Crippen LogP contribution in [0, 0.1) is 0 Å². The summed E-state index contributed by atoms with van der Waals surface area (Å²) in [4.78, 5) is 13.6. The Kier molecular flexibility index (Phi) is 4.22. The fourth-order valence-electron chi connectivity index (χ4n) is 2.84. The molecule has 0 saturated carbocycles. The summed E-state index contributed by atoms with van der Waals surface area (Å²) in [6.07, 6.45) is 0.707. The minimum atomic E-state index is -0.922. The van der Waals surface area contributed by atoms with E-state index >= 15 is 0 Å². The van der Waals surface area contributed by atoms with Crippen LogP contribution >= 0.6 is 34.8 Å². The number of carboxylic acid groups (broad SMARTS) is 1. The molecule has 1 aliphatic heterocycles. The average molecular weight is 357 g/mol. The second-order valence-corrected chi connectivity index (χ2v) is 6.40. The highest BCUT2D eigenvalue weighted by atomic mass is 35.5. The molecule has 2 aromatic carbocycles. The van der Waals surface area contributed by atoms with Crippen molar-refractivity contribution in [2.75, 3.05) is 11.4 Å². The minimum absolute atomic E-state index is 0.441. The Bertz CT molecular complexity index is 748. The first kappa shape index (κ1) is 15.5. The van der Waals surface area contributed by atoms with Crippen LogP contribution in [0.4, 0.5) is 5.69 Å². The zero-order valence-electron chi connectivity index (χ0n) is 11.4. The first-order valence-corrected chi connectivity index (χ1v) is 7.83. The summed E-state index contributed by atoms with van der Waals surface area (Å²) < 4.78 is 0. The number of benzene rings is 2. The van der Waals surface area contributed by atoms with E-state index in [9.17, 15) is 9.90 Å². The van der Waals surface area contributed by atoms with Crippen LogP contribution in [-0.4, -0.2) is 17.6 Å². The fraction of sp³-hybridized carbons (Fsp3) is 0.188. The van der Waals surface area contributed by atoms with Gasteiger partial charge in [-0.25, -0.2) is 4.79 Å². The molecule has 0 amide bonds. The average Bonchev–Trinajstić information content (AvgIpc) is 2.46. The molecule has 0 fully saturated rings. The second-order valence-electron chi connectivity index (χ2n) is 5.12. The Morgan fingerprint density at radius 1 is 1.09 bits per heavy atom. The van der Waals surface area contributed by atoms with Crippen molar-refractivity contribution in [2.45, 2.75) is 12.5 Å². The maximum Gasteiger partial charge on any atom is 0.331 e. The number of fused-ring (bicyclic) bond motifs is 1. The number of hydrogen-bond acceptors (Lipinski definition) is 2. The number of halogens is 3. The van der Waals surface area contributed by atoms with Crippen molar-refractivity contribution in [3.63, 3.8) is 0 Å². The van der Waals surface area contributed by atoms with E-state index in [1.54, 1.807) is 35.2 Å². The zero-order chi connectivity index (χ0) is 15.9. The number of carboxylic acids is 1. The van der Waals surface area contributed by atoms with Gasteiger partial charge in [-0.1, -0.05) is 40.9 Å². The molecular weight excluding hydrogens is 345 g/mol. The Morgan fingerprint density at radius 3 is 2.45 bits per heavy atom. The van der Waals surface area contributed by atoms with Gasteiger partial charge in [-0.3, -0.25) is 0 Å². The first-order chi connectivity index (χ1) is 10.5. The fourth-order valence-corrected chi connectivity index (χ4v) is 3.55. The molecule has 0 saturated heterocycles. The van der Waals surface area contributed by atoms with E-state index < -0.39 is 12.0 Å². The monoisotopic (exact) mass is 355 g/mol. The summed E-state index contributed by atoms with van der Waals surface area (Å²) in [7, 11) is 0. The zero-order valence-corrected chi connectivity index (χ0v) is 13.7. The maximum atomic E-state index is 11.8. The van der Waals surface area contributed by atoms with Gasteiger partial charge in [0.15, 0.2) is 6.04 Å². The van der Waals surface area contributed by atoms with E-state index in [0.717, 1.165) is 11.1 Å². The van der Waals surface area contributed by atoms with Crippen molar-refractivity contribution in [2.24, 2.45) is 0 Å². The Labute approximate surface area is 143 Å². The predicted molar refractivity (Wildman–Crippen MR) is 89.3 cm³/mol. The largest absolute Gasteiger partial charge is 0.479 e. The molecule has 1 N–H and O–H groups in total. The molecule has 3 rings (SSSR count). The van der Waals surface area contributed by atoms with Gasteiger partial charge < -0.3 is 10.0 Å². The molecule has 3 nitrogen and oxygen atoms in total. The highest BCUT2D eigenvalue weighted by Gasteiger charge is 2.34. The van der Waals surface area contributed by atoms with Gasteiger partial charge in [-0.2, -0.15) is 0 Å². The summed E-state index contributed by atoms with van der Waals surface area (Å²) in [5, 5.41) is 11.3. The van der Waals surface area contributed by atoms with E-state index in [0.29, 0.717) is 33.7 Å². The highest BCUT2D eigenvalue weighted by Crippen LogP contribution is 2.39. The summed E-state index contributed by atoms with van der Waals surface area (Å²) in [6.45, 7) is 0.547. The van der Waals surface area contributed by atoms with Crippen molar-refractivity contribution in [3.05, 3.63) is 62.6 Å². The second kappa shape index (κ2) is 5.99. The molecule has 1 atom stereocenters. The van der Waals surface area contributed by atoms with E-state index in [-0.39, 0.29) is 0 Å². The van der Waals surface area contributed by atoms with Gasteiger partial charge in [-0.05, 0) is 47.9 Å². The van der Waals surface area contributed by atoms with Gasteiger partial charge in [0.1, 0.15) is 0 Å². The molecule has 2 aromatic rings. The molecule has 114 valence electrons. The molecule has 0 aromatic heterocycles. The maximum absolute atomic E-state index is 11.8. The standard InChI is InChI=1S/C16H12Cl3NO2/c17-10-1-3-12-9(7-10)5-6-20(15(12)16(21)22)14-4-2-11(18)8-13(14)19/h1-4,7-8,15H,5-6H2,(H,21,22)/t15-/m0/s1. The van der Waals surface area contributed by atoms with Crippen LogP contribution < -0.4 is 4.90 Å². The van der Waals surface area contributed by atoms with Crippen LogP contribution in [0.5, 0.6) is 0 Å². The predicted octanol–water partition coefficient (Wildman–Crippen LogP) is 4.84. The van der Waals surface area contributed by atoms with E-state index in [1.165, 1.54) is 0 Å². The lowest BCUT2D eigenvalue weighted by molar-refractivity contribution is -0.138. The van der Waals surface area contributed by atoms with Crippen LogP contribution in [-0.2, 0) is 11.2 Å². The molecular formula is C16H12Cl3NO2.